The van der Waals surface area contributed by atoms with Crippen LogP contribution >= 0.6 is 0 Å². The average Bonchev–Trinajstić information content (AvgIpc) is 3.19. The van der Waals surface area contributed by atoms with E-state index in [0.29, 0.717) is 30.5 Å². The summed E-state index contributed by atoms with van der Waals surface area (Å²) in [6.45, 7) is 7.24. The highest BCUT2D eigenvalue weighted by Crippen LogP contribution is 2.52. The Bertz CT molecular complexity index is 1210. The molecule has 3 aromatic rings. The SMILES string of the molecule is CC(C)(C)OCCOc1ccc2c(c1)[C@]1(COC(N)=N1)c1cc(-c3cncnc3)ccc1O2. The van der Waals surface area contributed by atoms with Gasteiger partial charge >= 0.3 is 0 Å². The van der Waals surface area contributed by atoms with Gasteiger partial charge in [-0.25, -0.2) is 15.0 Å². The van der Waals surface area contributed by atoms with Crippen LogP contribution in [0.1, 0.15) is 31.9 Å². The Hall–Kier alpha value is -3.65. The molecule has 1 aromatic heterocycles. The van der Waals surface area contributed by atoms with Crippen LogP contribution in [0.4, 0.5) is 0 Å². The summed E-state index contributed by atoms with van der Waals surface area (Å²) >= 11 is 0. The highest BCUT2D eigenvalue weighted by atomic mass is 16.5. The fourth-order valence-electron chi connectivity index (χ4n) is 4.06. The lowest BCUT2D eigenvalue weighted by molar-refractivity contribution is -0.0163. The van der Waals surface area contributed by atoms with E-state index in [0.717, 1.165) is 22.3 Å². The monoisotopic (exact) mass is 446 g/mol. The zero-order valence-electron chi connectivity index (χ0n) is 18.9. The molecule has 0 fully saturated rings. The van der Waals surface area contributed by atoms with Crippen LogP contribution in [-0.2, 0) is 15.0 Å². The van der Waals surface area contributed by atoms with Crippen molar-refractivity contribution < 1.29 is 18.9 Å². The Labute approximate surface area is 192 Å². The number of nitrogens with two attached hydrogens (primary N) is 1. The Balaban J connectivity index is 1.51. The maximum atomic E-state index is 6.24. The van der Waals surface area contributed by atoms with E-state index >= 15 is 0 Å². The molecule has 8 heteroatoms. The molecule has 1 spiro atoms. The number of aliphatic imine (C=N–C) groups is 1. The molecule has 0 bridgehead atoms. The topological polar surface area (TPSA) is 101 Å². The van der Waals surface area contributed by atoms with Crippen molar-refractivity contribution in [1.29, 1.82) is 0 Å². The molecule has 3 heterocycles. The minimum atomic E-state index is -0.833. The number of nitrogens with zero attached hydrogens (tertiary/aromatic N) is 3. The van der Waals surface area contributed by atoms with Gasteiger partial charge in [0.1, 0.15) is 36.8 Å². The van der Waals surface area contributed by atoms with Gasteiger partial charge < -0.3 is 24.7 Å². The lowest BCUT2D eigenvalue weighted by Gasteiger charge is -2.34. The number of ether oxygens (including phenoxy) is 4. The minimum Gasteiger partial charge on any atom is -0.491 e. The van der Waals surface area contributed by atoms with E-state index in [4.69, 9.17) is 29.7 Å². The van der Waals surface area contributed by atoms with Crippen LogP contribution in [0.25, 0.3) is 11.1 Å². The summed E-state index contributed by atoms with van der Waals surface area (Å²) in [7, 11) is 0. The van der Waals surface area contributed by atoms with Crippen LogP contribution < -0.4 is 15.2 Å². The van der Waals surface area contributed by atoms with E-state index in [1.165, 1.54) is 6.33 Å². The summed E-state index contributed by atoms with van der Waals surface area (Å²) in [5.41, 5.74) is 8.51. The van der Waals surface area contributed by atoms with Crippen molar-refractivity contribution in [2.75, 3.05) is 19.8 Å². The lowest BCUT2D eigenvalue weighted by Crippen LogP contribution is -2.31. The summed E-state index contributed by atoms with van der Waals surface area (Å²) in [4.78, 5) is 13.0. The minimum absolute atomic E-state index is 0.146. The first-order chi connectivity index (χ1) is 15.8. The normalized spacial score (nSPS) is 18.7. The summed E-state index contributed by atoms with van der Waals surface area (Å²) in [6.07, 6.45) is 5.05. The molecular weight excluding hydrogens is 420 g/mol. The van der Waals surface area contributed by atoms with Crippen molar-refractivity contribution in [2.45, 2.75) is 31.9 Å². The molecule has 2 aliphatic rings. The number of amidine groups is 1. The molecule has 5 rings (SSSR count). The highest BCUT2D eigenvalue weighted by Gasteiger charge is 2.47. The van der Waals surface area contributed by atoms with Gasteiger partial charge in [-0.3, -0.25) is 0 Å². The molecule has 1 atom stereocenters. The number of benzene rings is 2. The molecular formula is C25H26N4O4. The quantitative estimate of drug-likeness (QED) is 0.591. The van der Waals surface area contributed by atoms with Gasteiger partial charge in [0.05, 0.1) is 12.2 Å². The lowest BCUT2D eigenvalue weighted by atomic mass is 9.80. The molecule has 170 valence electrons. The number of hydrogen-bond acceptors (Lipinski definition) is 8. The predicted molar refractivity (Wildman–Crippen MR) is 124 cm³/mol. The van der Waals surface area contributed by atoms with Crippen molar-refractivity contribution in [1.82, 2.24) is 9.97 Å². The van der Waals surface area contributed by atoms with Gasteiger partial charge in [-0.2, -0.15) is 0 Å². The summed E-state index contributed by atoms with van der Waals surface area (Å²) < 4.78 is 23.6. The van der Waals surface area contributed by atoms with Crippen LogP contribution in [0.3, 0.4) is 0 Å². The molecule has 0 aliphatic carbocycles. The molecule has 2 aliphatic heterocycles. The van der Waals surface area contributed by atoms with Crippen molar-refractivity contribution in [3.05, 3.63) is 66.2 Å². The van der Waals surface area contributed by atoms with Crippen LogP contribution in [-0.4, -0.2) is 41.4 Å². The second-order valence-electron chi connectivity index (χ2n) is 9.01. The van der Waals surface area contributed by atoms with E-state index < -0.39 is 5.54 Å². The van der Waals surface area contributed by atoms with Gasteiger partial charge in [0.15, 0.2) is 5.54 Å². The fourth-order valence-corrected chi connectivity index (χ4v) is 4.06. The first-order valence-electron chi connectivity index (χ1n) is 10.8. The Morgan fingerprint density at radius 3 is 2.39 bits per heavy atom. The molecule has 0 amide bonds. The second-order valence-corrected chi connectivity index (χ2v) is 9.01. The van der Waals surface area contributed by atoms with Crippen LogP contribution in [0.2, 0.25) is 0 Å². The Morgan fingerprint density at radius 2 is 1.70 bits per heavy atom. The summed E-state index contributed by atoms with van der Waals surface area (Å²) in [5.74, 6) is 2.10. The van der Waals surface area contributed by atoms with Gasteiger partial charge in [0.25, 0.3) is 6.02 Å². The van der Waals surface area contributed by atoms with Gasteiger partial charge in [0.2, 0.25) is 0 Å². The van der Waals surface area contributed by atoms with Crippen molar-refractivity contribution in [3.8, 4) is 28.4 Å². The Morgan fingerprint density at radius 1 is 0.970 bits per heavy atom. The van der Waals surface area contributed by atoms with Gasteiger partial charge in [-0.1, -0.05) is 6.07 Å². The third-order valence-corrected chi connectivity index (χ3v) is 5.55. The number of fused-ring (bicyclic) bond motifs is 4. The van der Waals surface area contributed by atoms with E-state index in [-0.39, 0.29) is 18.2 Å². The first kappa shape index (κ1) is 21.2. The molecule has 0 saturated heterocycles. The highest BCUT2D eigenvalue weighted by molar-refractivity contribution is 5.78. The maximum Gasteiger partial charge on any atom is 0.283 e. The maximum absolute atomic E-state index is 6.24. The number of aromatic nitrogens is 2. The second kappa shape index (κ2) is 8.04. The van der Waals surface area contributed by atoms with E-state index in [9.17, 15) is 0 Å². The molecule has 2 N–H and O–H groups in total. The van der Waals surface area contributed by atoms with E-state index in [1.54, 1.807) is 12.4 Å². The number of hydrogen-bond donors (Lipinski definition) is 1. The van der Waals surface area contributed by atoms with Crippen LogP contribution in [0, 0.1) is 0 Å². The molecule has 0 unspecified atom stereocenters. The smallest absolute Gasteiger partial charge is 0.283 e. The third kappa shape index (κ3) is 4.09. The van der Waals surface area contributed by atoms with Gasteiger partial charge in [-0.05, 0) is 56.7 Å². The van der Waals surface area contributed by atoms with Crippen molar-refractivity contribution in [3.63, 3.8) is 0 Å². The molecule has 0 saturated carbocycles. The van der Waals surface area contributed by atoms with E-state index in [1.807, 2.05) is 57.2 Å². The van der Waals surface area contributed by atoms with Gasteiger partial charge in [-0.15, -0.1) is 0 Å². The van der Waals surface area contributed by atoms with Crippen LogP contribution in [0.5, 0.6) is 17.2 Å². The first-order valence-corrected chi connectivity index (χ1v) is 10.8. The average molecular weight is 447 g/mol. The molecule has 2 aromatic carbocycles. The van der Waals surface area contributed by atoms with E-state index in [2.05, 4.69) is 9.97 Å². The number of rotatable bonds is 5. The van der Waals surface area contributed by atoms with Crippen LogP contribution in [0.15, 0.2) is 60.1 Å². The largest absolute Gasteiger partial charge is 0.491 e. The van der Waals surface area contributed by atoms with Crippen molar-refractivity contribution >= 4 is 6.02 Å². The molecule has 0 radical (unpaired) electrons. The predicted octanol–water partition coefficient (Wildman–Crippen LogP) is 4.03. The standard InChI is InChI=1S/C25H26N4O4/c1-24(2,3)32-9-8-30-18-5-7-22-20(11-18)25(14-31-23(26)29-25)19-10-16(4-6-21(19)33-22)17-12-27-15-28-13-17/h4-7,10-13,15H,8-9,14H2,1-3H3,(H2,26,29)/t25-/m0/s1. The third-order valence-electron chi connectivity index (χ3n) is 5.55. The van der Waals surface area contributed by atoms with Gasteiger partial charge in [0, 0.05) is 29.1 Å². The molecule has 8 nitrogen and oxygen atoms in total. The summed E-state index contributed by atoms with van der Waals surface area (Å²) in [5, 5.41) is 0. The zero-order valence-corrected chi connectivity index (χ0v) is 18.9. The zero-order chi connectivity index (χ0) is 23.1. The Kier molecular flexibility index (Phi) is 5.17. The van der Waals surface area contributed by atoms with Crippen molar-refractivity contribution in [2.24, 2.45) is 10.7 Å². The summed E-state index contributed by atoms with van der Waals surface area (Å²) in [6, 6.07) is 11.8. The fraction of sp³-hybridized carbons (Fsp3) is 0.320. The molecule has 33 heavy (non-hydrogen) atoms.